The Morgan fingerprint density at radius 2 is 1.95 bits per heavy atom. The van der Waals surface area contributed by atoms with Crippen molar-refractivity contribution in [2.45, 2.75) is 31.6 Å². The summed E-state index contributed by atoms with van der Waals surface area (Å²) < 4.78 is 33.1. The number of sulfonamides is 1. The van der Waals surface area contributed by atoms with Crippen LogP contribution in [-0.2, 0) is 16.6 Å². The van der Waals surface area contributed by atoms with E-state index in [-0.39, 0.29) is 11.2 Å². The first kappa shape index (κ1) is 15.4. The predicted octanol–water partition coefficient (Wildman–Crippen LogP) is 2.33. The second kappa shape index (κ2) is 6.19. The van der Waals surface area contributed by atoms with Gasteiger partial charge in [-0.3, -0.25) is 0 Å². The molecule has 0 saturated heterocycles. The van der Waals surface area contributed by atoms with E-state index in [1.165, 1.54) is 6.07 Å². The smallest absolute Gasteiger partial charge is 0.271 e. The molecule has 2 rings (SSSR count). The zero-order valence-electron chi connectivity index (χ0n) is 11.9. The first-order chi connectivity index (χ1) is 9.86. The zero-order chi connectivity index (χ0) is 15.5. The fourth-order valence-corrected chi connectivity index (χ4v) is 2.24. The van der Waals surface area contributed by atoms with Gasteiger partial charge in [0.2, 0.25) is 5.09 Å². The molecule has 1 aromatic carbocycles. The monoisotopic (exact) mass is 310 g/mol. The molecule has 0 saturated carbocycles. The molecule has 1 aromatic heterocycles. The summed E-state index contributed by atoms with van der Waals surface area (Å²) in [5.74, 6) is 1.20. The SMILES string of the molecule is CC(C)Oc1ccccc1NCc1ccc(S(N)(=O)=O)o1. The molecule has 6 nitrogen and oxygen atoms in total. The molecular weight excluding hydrogens is 292 g/mol. The number of benzene rings is 1. The molecule has 0 aliphatic rings. The minimum absolute atomic E-state index is 0.0607. The van der Waals surface area contributed by atoms with Gasteiger partial charge in [-0.1, -0.05) is 12.1 Å². The van der Waals surface area contributed by atoms with E-state index in [1.54, 1.807) is 6.07 Å². The van der Waals surface area contributed by atoms with Gasteiger partial charge in [-0.05, 0) is 38.1 Å². The Labute approximate surface area is 124 Å². The maximum absolute atomic E-state index is 11.1. The molecule has 0 aliphatic carbocycles. The average Bonchev–Trinajstić information content (AvgIpc) is 2.86. The molecule has 21 heavy (non-hydrogen) atoms. The van der Waals surface area contributed by atoms with E-state index >= 15 is 0 Å². The number of ether oxygens (including phenoxy) is 1. The lowest BCUT2D eigenvalue weighted by molar-refractivity contribution is 0.243. The second-order valence-electron chi connectivity index (χ2n) is 4.78. The number of rotatable bonds is 6. The molecule has 0 amide bonds. The fourth-order valence-electron chi connectivity index (χ4n) is 1.76. The highest BCUT2D eigenvalue weighted by molar-refractivity contribution is 7.89. The van der Waals surface area contributed by atoms with Crippen molar-refractivity contribution in [2.24, 2.45) is 5.14 Å². The minimum atomic E-state index is -3.81. The van der Waals surface area contributed by atoms with Crippen LogP contribution in [0.15, 0.2) is 45.9 Å². The number of para-hydroxylation sites is 2. The van der Waals surface area contributed by atoms with Crippen LogP contribution >= 0.6 is 0 Å². The lowest BCUT2D eigenvalue weighted by Crippen LogP contribution is -2.11. The molecule has 7 heteroatoms. The Hall–Kier alpha value is -1.99. The molecule has 0 aliphatic heterocycles. The topological polar surface area (TPSA) is 94.6 Å². The van der Waals surface area contributed by atoms with Gasteiger partial charge in [0.15, 0.2) is 0 Å². The van der Waals surface area contributed by atoms with Crippen LogP contribution in [0, 0.1) is 0 Å². The van der Waals surface area contributed by atoms with Crippen molar-refractivity contribution in [1.82, 2.24) is 0 Å². The first-order valence-corrected chi connectivity index (χ1v) is 8.02. The van der Waals surface area contributed by atoms with Crippen LogP contribution in [-0.4, -0.2) is 14.5 Å². The number of hydrogen-bond donors (Lipinski definition) is 2. The third-order valence-corrected chi connectivity index (χ3v) is 3.40. The molecule has 0 bridgehead atoms. The third kappa shape index (κ3) is 4.24. The van der Waals surface area contributed by atoms with E-state index in [4.69, 9.17) is 14.3 Å². The largest absolute Gasteiger partial charge is 0.489 e. The van der Waals surface area contributed by atoms with Gasteiger partial charge in [-0.25, -0.2) is 13.6 Å². The second-order valence-corrected chi connectivity index (χ2v) is 6.27. The average molecular weight is 310 g/mol. The van der Waals surface area contributed by atoms with Gasteiger partial charge >= 0.3 is 0 Å². The molecular formula is C14H18N2O4S. The highest BCUT2D eigenvalue weighted by Crippen LogP contribution is 2.25. The molecule has 2 aromatic rings. The first-order valence-electron chi connectivity index (χ1n) is 6.47. The summed E-state index contributed by atoms with van der Waals surface area (Å²) in [7, 11) is -3.81. The van der Waals surface area contributed by atoms with Gasteiger partial charge in [0.1, 0.15) is 11.5 Å². The van der Waals surface area contributed by atoms with Crippen molar-refractivity contribution in [2.75, 3.05) is 5.32 Å². The van der Waals surface area contributed by atoms with Crippen molar-refractivity contribution in [3.05, 3.63) is 42.2 Å². The van der Waals surface area contributed by atoms with Crippen LogP contribution in [0.4, 0.5) is 5.69 Å². The molecule has 114 valence electrons. The van der Waals surface area contributed by atoms with Crippen molar-refractivity contribution in [1.29, 1.82) is 0 Å². The minimum Gasteiger partial charge on any atom is -0.489 e. The quantitative estimate of drug-likeness (QED) is 0.854. The molecule has 0 unspecified atom stereocenters. The maximum atomic E-state index is 11.1. The highest BCUT2D eigenvalue weighted by Gasteiger charge is 2.13. The van der Waals surface area contributed by atoms with E-state index in [0.29, 0.717) is 12.3 Å². The molecule has 0 atom stereocenters. The van der Waals surface area contributed by atoms with Crippen LogP contribution in [0.1, 0.15) is 19.6 Å². The van der Waals surface area contributed by atoms with Gasteiger partial charge < -0.3 is 14.5 Å². The van der Waals surface area contributed by atoms with Crippen LogP contribution in [0.5, 0.6) is 5.75 Å². The summed E-state index contributed by atoms with van der Waals surface area (Å²) in [6, 6.07) is 10.4. The summed E-state index contributed by atoms with van der Waals surface area (Å²) in [5.41, 5.74) is 0.805. The van der Waals surface area contributed by atoms with Gasteiger partial charge in [0.05, 0.1) is 18.3 Å². The summed E-state index contributed by atoms with van der Waals surface area (Å²) in [6.45, 7) is 4.22. The Kier molecular flexibility index (Phi) is 4.54. The number of nitrogens with one attached hydrogen (secondary N) is 1. The lowest BCUT2D eigenvalue weighted by atomic mass is 10.3. The summed E-state index contributed by atoms with van der Waals surface area (Å²) >= 11 is 0. The Balaban J connectivity index is 2.08. The standard InChI is InChI=1S/C14H18N2O4S/c1-10(2)19-13-6-4-3-5-12(13)16-9-11-7-8-14(20-11)21(15,17)18/h3-8,10,16H,9H2,1-2H3,(H2,15,17,18). The van der Waals surface area contributed by atoms with E-state index in [2.05, 4.69) is 5.32 Å². The summed E-state index contributed by atoms with van der Waals surface area (Å²) in [6.07, 6.45) is 0.0607. The number of anilines is 1. The van der Waals surface area contributed by atoms with E-state index < -0.39 is 10.0 Å². The lowest BCUT2D eigenvalue weighted by Gasteiger charge is -2.14. The molecule has 0 spiro atoms. The van der Waals surface area contributed by atoms with Gasteiger partial charge in [0, 0.05) is 0 Å². The van der Waals surface area contributed by atoms with Crippen LogP contribution in [0.25, 0.3) is 0 Å². The fraction of sp³-hybridized carbons (Fsp3) is 0.286. The van der Waals surface area contributed by atoms with Crippen molar-refractivity contribution in [3.8, 4) is 5.75 Å². The predicted molar refractivity (Wildman–Crippen MR) is 79.6 cm³/mol. The molecule has 1 heterocycles. The molecule has 3 N–H and O–H groups in total. The van der Waals surface area contributed by atoms with Gasteiger partial charge in [0.25, 0.3) is 10.0 Å². The van der Waals surface area contributed by atoms with Crippen molar-refractivity contribution >= 4 is 15.7 Å². The number of hydrogen-bond acceptors (Lipinski definition) is 5. The Morgan fingerprint density at radius 3 is 2.57 bits per heavy atom. The van der Waals surface area contributed by atoms with E-state index in [1.807, 2.05) is 38.1 Å². The summed E-state index contributed by atoms with van der Waals surface area (Å²) in [4.78, 5) is 0. The third-order valence-electron chi connectivity index (χ3n) is 2.62. The molecule has 0 fully saturated rings. The van der Waals surface area contributed by atoms with E-state index in [9.17, 15) is 8.42 Å². The highest BCUT2D eigenvalue weighted by atomic mass is 32.2. The normalized spacial score (nSPS) is 11.6. The van der Waals surface area contributed by atoms with Gasteiger partial charge in [-0.2, -0.15) is 0 Å². The summed E-state index contributed by atoms with van der Waals surface area (Å²) in [5, 5.41) is 7.90. The van der Waals surface area contributed by atoms with Crippen LogP contribution in [0.3, 0.4) is 0 Å². The van der Waals surface area contributed by atoms with Gasteiger partial charge in [-0.15, -0.1) is 0 Å². The van der Waals surface area contributed by atoms with E-state index in [0.717, 1.165) is 11.4 Å². The van der Waals surface area contributed by atoms with Crippen molar-refractivity contribution in [3.63, 3.8) is 0 Å². The maximum Gasteiger partial charge on any atom is 0.271 e. The Morgan fingerprint density at radius 1 is 1.24 bits per heavy atom. The van der Waals surface area contributed by atoms with Crippen LogP contribution < -0.4 is 15.2 Å². The zero-order valence-corrected chi connectivity index (χ0v) is 12.7. The Bertz CT molecular complexity index is 707. The van der Waals surface area contributed by atoms with Crippen molar-refractivity contribution < 1.29 is 17.6 Å². The number of primary sulfonamides is 1. The van der Waals surface area contributed by atoms with Crippen LogP contribution in [0.2, 0.25) is 0 Å². The number of furan rings is 1. The number of nitrogens with two attached hydrogens (primary N) is 1. The molecule has 0 radical (unpaired) electrons.